The number of nitrogens with zero attached hydrogens (tertiary/aromatic N) is 2. The maximum atomic E-state index is 13.4. The first-order chi connectivity index (χ1) is 9.56. The lowest BCUT2D eigenvalue weighted by atomic mass is 10.2. The fraction of sp³-hybridized carbons (Fsp3) is 0.0667. The highest BCUT2D eigenvalue weighted by atomic mass is 32.1. The van der Waals surface area contributed by atoms with Gasteiger partial charge in [0.25, 0.3) is 0 Å². The van der Waals surface area contributed by atoms with E-state index in [2.05, 4.69) is 4.98 Å². The molecule has 1 heterocycles. The van der Waals surface area contributed by atoms with Crippen LogP contribution in [0.5, 0.6) is 0 Å². The van der Waals surface area contributed by atoms with Gasteiger partial charge in [-0.25, -0.2) is 13.8 Å². The van der Waals surface area contributed by atoms with Crippen LogP contribution < -0.4 is 0 Å². The molecule has 0 radical (unpaired) electrons. The Morgan fingerprint density at radius 3 is 2.35 bits per heavy atom. The zero-order chi connectivity index (χ0) is 14.3. The van der Waals surface area contributed by atoms with Crippen molar-refractivity contribution in [3.63, 3.8) is 0 Å². The van der Waals surface area contributed by atoms with E-state index >= 15 is 0 Å². The molecule has 2 nitrogen and oxygen atoms in total. The summed E-state index contributed by atoms with van der Waals surface area (Å²) < 4.78 is 28.5. The summed E-state index contributed by atoms with van der Waals surface area (Å²) in [6, 6.07) is 10.3. The van der Waals surface area contributed by atoms with E-state index in [1.54, 1.807) is 22.8 Å². The zero-order valence-corrected chi connectivity index (χ0v) is 11.4. The van der Waals surface area contributed by atoms with Gasteiger partial charge in [-0.15, -0.1) is 0 Å². The summed E-state index contributed by atoms with van der Waals surface area (Å²) in [6.07, 6.45) is 0. The minimum Gasteiger partial charge on any atom is -0.289 e. The van der Waals surface area contributed by atoms with Crippen LogP contribution in [0.15, 0.2) is 42.5 Å². The molecule has 2 aromatic carbocycles. The Bertz CT molecular complexity index is 854. The first kappa shape index (κ1) is 12.9. The lowest BCUT2D eigenvalue weighted by Gasteiger charge is -2.12. The van der Waals surface area contributed by atoms with Gasteiger partial charge in [-0.05, 0) is 49.4 Å². The summed E-state index contributed by atoms with van der Waals surface area (Å²) in [4.78, 5) is 4.41. The Labute approximate surface area is 119 Å². The molecule has 0 aliphatic carbocycles. The highest BCUT2D eigenvalue weighted by Gasteiger charge is 2.08. The van der Waals surface area contributed by atoms with Crippen molar-refractivity contribution in [3.05, 3.63) is 64.6 Å². The van der Waals surface area contributed by atoms with E-state index in [0.29, 0.717) is 27.1 Å². The van der Waals surface area contributed by atoms with Crippen molar-refractivity contribution in [2.75, 3.05) is 0 Å². The van der Waals surface area contributed by atoms with E-state index in [0.717, 1.165) is 0 Å². The van der Waals surface area contributed by atoms with Crippen LogP contribution in [-0.4, -0.2) is 9.55 Å². The zero-order valence-electron chi connectivity index (χ0n) is 10.6. The number of aromatic nitrogens is 2. The van der Waals surface area contributed by atoms with Gasteiger partial charge in [0.1, 0.15) is 22.1 Å². The van der Waals surface area contributed by atoms with Gasteiger partial charge < -0.3 is 0 Å². The van der Waals surface area contributed by atoms with Gasteiger partial charge in [0, 0.05) is 11.1 Å². The molecule has 0 saturated carbocycles. The Morgan fingerprint density at radius 1 is 1.00 bits per heavy atom. The third-order valence-corrected chi connectivity index (χ3v) is 3.49. The molecule has 100 valence electrons. The summed E-state index contributed by atoms with van der Waals surface area (Å²) in [7, 11) is 0. The van der Waals surface area contributed by atoms with Crippen LogP contribution in [0, 0.1) is 23.2 Å². The monoisotopic (exact) mass is 288 g/mol. The van der Waals surface area contributed by atoms with Crippen molar-refractivity contribution in [2.45, 2.75) is 6.92 Å². The van der Waals surface area contributed by atoms with Crippen LogP contribution in [0.3, 0.4) is 0 Å². The lowest BCUT2D eigenvalue weighted by molar-refractivity contribution is 0.627. The largest absolute Gasteiger partial charge is 0.289 e. The third kappa shape index (κ3) is 2.10. The SMILES string of the molecule is Cc1nc2ccc(F)cc2c(=S)n1-c1ccc(F)cc1. The summed E-state index contributed by atoms with van der Waals surface area (Å²) in [5, 5.41) is 0.565. The molecule has 3 aromatic rings. The van der Waals surface area contributed by atoms with Crippen LogP contribution in [0.25, 0.3) is 16.6 Å². The fourth-order valence-electron chi connectivity index (χ4n) is 2.16. The van der Waals surface area contributed by atoms with Gasteiger partial charge in [-0.1, -0.05) is 12.2 Å². The van der Waals surface area contributed by atoms with Gasteiger partial charge >= 0.3 is 0 Å². The number of hydrogen-bond acceptors (Lipinski definition) is 2. The van der Waals surface area contributed by atoms with Gasteiger partial charge in [-0.2, -0.15) is 0 Å². The molecule has 0 unspecified atom stereocenters. The van der Waals surface area contributed by atoms with Gasteiger partial charge in [0.2, 0.25) is 0 Å². The quantitative estimate of drug-likeness (QED) is 0.620. The Morgan fingerprint density at radius 2 is 1.65 bits per heavy atom. The van der Waals surface area contributed by atoms with Gasteiger partial charge in [0.15, 0.2) is 0 Å². The lowest BCUT2D eigenvalue weighted by Crippen LogP contribution is -2.05. The van der Waals surface area contributed by atoms with Crippen LogP contribution in [0.2, 0.25) is 0 Å². The smallest absolute Gasteiger partial charge is 0.124 e. The summed E-state index contributed by atoms with van der Waals surface area (Å²) in [5.74, 6) is -0.0154. The van der Waals surface area contributed by atoms with E-state index in [4.69, 9.17) is 12.2 Å². The number of hydrogen-bond donors (Lipinski definition) is 0. The van der Waals surface area contributed by atoms with Crippen LogP contribution in [-0.2, 0) is 0 Å². The molecule has 0 spiro atoms. The summed E-state index contributed by atoms with van der Waals surface area (Å²) in [5.41, 5.74) is 1.35. The molecule has 1 aromatic heterocycles. The molecule has 0 saturated heterocycles. The number of rotatable bonds is 1. The number of benzene rings is 2. The van der Waals surface area contributed by atoms with E-state index in [1.165, 1.54) is 24.3 Å². The molecule has 0 fully saturated rings. The van der Waals surface area contributed by atoms with E-state index in [1.807, 2.05) is 6.92 Å². The Hall–Kier alpha value is -2.14. The minimum absolute atomic E-state index is 0.322. The third-order valence-electron chi connectivity index (χ3n) is 3.08. The molecular formula is C15H10F2N2S. The van der Waals surface area contributed by atoms with Crippen molar-refractivity contribution in [3.8, 4) is 5.69 Å². The van der Waals surface area contributed by atoms with Crippen molar-refractivity contribution in [2.24, 2.45) is 0 Å². The van der Waals surface area contributed by atoms with Crippen molar-refractivity contribution < 1.29 is 8.78 Å². The minimum atomic E-state index is -0.361. The highest BCUT2D eigenvalue weighted by molar-refractivity contribution is 7.71. The Balaban J connectivity index is 2.36. The molecule has 20 heavy (non-hydrogen) atoms. The molecule has 0 N–H and O–H groups in total. The topological polar surface area (TPSA) is 17.8 Å². The second-order valence-corrected chi connectivity index (χ2v) is 4.82. The van der Waals surface area contributed by atoms with Crippen molar-refractivity contribution in [1.82, 2.24) is 9.55 Å². The van der Waals surface area contributed by atoms with E-state index in [9.17, 15) is 8.78 Å². The molecular weight excluding hydrogens is 278 g/mol. The molecule has 0 bridgehead atoms. The molecule has 0 aliphatic rings. The average Bonchev–Trinajstić information content (AvgIpc) is 2.42. The van der Waals surface area contributed by atoms with E-state index in [-0.39, 0.29) is 11.6 Å². The van der Waals surface area contributed by atoms with Crippen molar-refractivity contribution in [1.29, 1.82) is 0 Å². The summed E-state index contributed by atoms with van der Waals surface area (Å²) in [6.45, 7) is 1.81. The molecule has 0 atom stereocenters. The average molecular weight is 288 g/mol. The number of aryl methyl sites for hydroxylation is 1. The van der Waals surface area contributed by atoms with Gasteiger partial charge in [0.05, 0.1) is 5.52 Å². The maximum absolute atomic E-state index is 13.4. The second-order valence-electron chi connectivity index (χ2n) is 4.44. The summed E-state index contributed by atoms with van der Waals surface area (Å²) >= 11 is 5.42. The molecule has 3 rings (SSSR count). The molecule has 5 heteroatoms. The van der Waals surface area contributed by atoms with Crippen LogP contribution >= 0.6 is 12.2 Å². The molecule has 0 aliphatic heterocycles. The van der Waals surface area contributed by atoms with Crippen LogP contribution in [0.4, 0.5) is 8.78 Å². The van der Waals surface area contributed by atoms with Crippen LogP contribution in [0.1, 0.15) is 5.82 Å². The highest BCUT2D eigenvalue weighted by Crippen LogP contribution is 2.20. The Kier molecular flexibility index (Phi) is 3.06. The van der Waals surface area contributed by atoms with Crippen molar-refractivity contribution >= 4 is 23.1 Å². The fourth-order valence-corrected chi connectivity index (χ4v) is 2.56. The maximum Gasteiger partial charge on any atom is 0.124 e. The standard InChI is InChI=1S/C15H10F2N2S/c1-9-18-14-7-4-11(17)8-13(14)15(20)19(9)12-5-2-10(16)3-6-12/h2-8H,1H3. The number of halogens is 2. The number of fused-ring (bicyclic) bond motifs is 1. The predicted molar refractivity (Wildman–Crippen MR) is 76.6 cm³/mol. The normalized spacial score (nSPS) is 10.9. The predicted octanol–water partition coefficient (Wildman–Crippen LogP) is 4.34. The first-order valence-corrected chi connectivity index (χ1v) is 6.42. The van der Waals surface area contributed by atoms with E-state index < -0.39 is 0 Å². The first-order valence-electron chi connectivity index (χ1n) is 6.01. The molecule has 0 amide bonds. The van der Waals surface area contributed by atoms with Gasteiger partial charge in [-0.3, -0.25) is 4.57 Å². The second kappa shape index (κ2) is 4.76.